The van der Waals surface area contributed by atoms with Gasteiger partial charge < -0.3 is 4.90 Å². The molecule has 0 bridgehead atoms. The molecule has 0 saturated carbocycles. The summed E-state index contributed by atoms with van der Waals surface area (Å²) in [5, 5.41) is 10.3. The Morgan fingerprint density at radius 3 is 2.56 bits per heavy atom. The van der Waals surface area contributed by atoms with Gasteiger partial charge in [0.05, 0.1) is 18.1 Å². The first-order valence-electron chi connectivity index (χ1n) is 9.08. The molecule has 3 aromatic heterocycles. The molecule has 0 amide bonds. The van der Waals surface area contributed by atoms with Gasteiger partial charge in [0.25, 0.3) is 0 Å². The highest BCUT2D eigenvalue weighted by molar-refractivity contribution is 7.20. The van der Waals surface area contributed by atoms with E-state index in [1.807, 2.05) is 15.4 Å². The van der Waals surface area contributed by atoms with Gasteiger partial charge in [0, 0.05) is 31.2 Å². The van der Waals surface area contributed by atoms with Crippen molar-refractivity contribution in [2.75, 3.05) is 18.0 Å². The summed E-state index contributed by atoms with van der Waals surface area (Å²) < 4.78 is 3.96. The van der Waals surface area contributed by atoms with Crippen LogP contribution >= 0.6 is 11.3 Å². The van der Waals surface area contributed by atoms with Crippen molar-refractivity contribution >= 4 is 21.4 Å². The Bertz CT molecular complexity index is 828. The zero-order chi connectivity index (χ0) is 17.6. The van der Waals surface area contributed by atoms with E-state index in [2.05, 4.69) is 50.1 Å². The molecular weight excluding hydrogens is 332 g/mol. The molecule has 4 heterocycles. The Hall–Kier alpha value is -1.89. The lowest BCUT2D eigenvalue weighted by atomic mass is 9.92. The predicted octanol–water partition coefficient (Wildman–Crippen LogP) is 3.69. The summed E-state index contributed by atoms with van der Waals surface area (Å²) >= 11 is 1.70. The van der Waals surface area contributed by atoms with Crippen LogP contribution in [0.15, 0.2) is 18.6 Å². The van der Waals surface area contributed by atoms with E-state index in [-0.39, 0.29) is 5.41 Å². The van der Waals surface area contributed by atoms with Crippen LogP contribution in [-0.4, -0.2) is 37.5 Å². The molecule has 0 radical (unpaired) electrons. The molecule has 134 valence electrons. The number of aryl methyl sites for hydroxylation is 1. The highest BCUT2D eigenvalue weighted by Gasteiger charge is 2.25. The van der Waals surface area contributed by atoms with Crippen LogP contribution in [0.25, 0.3) is 4.96 Å². The molecule has 25 heavy (non-hydrogen) atoms. The number of aromatic nitrogens is 5. The fraction of sp³-hybridized carbons (Fsp3) is 0.611. The maximum Gasteiger partial charge on any atom is 0.214 e. The van der Waals surface area contributed by atoms with E-state index < -0.39 is 0 Å². The Morgan fingerprint density at radius 2 is 1.96 bits per heavy atom. The number of piperidine rings is 1. The number of fused-ring (bicyclic) bond motifs is 1. The van der Waals surface area contributed by atoms with Crippen LogP contribution in [0, 0.1) is 0 Å². The average molecular weight is 359 g/mol. The largest absolute Gasteiger partial charge is 0.347 e. The van der Waals surface area contributed by atoms with Gasteiger partial charge >= 0.3 is 0 Å². The lowest BCUT2D eigenvalue weighted by Crippen LogP contribution is -2.32. The molecule has 1 aliphatic heterocycles. The molecule has 6 nitrogen and oxygen atoms in total. The van der Waals surface area contributed by atoms with E-state index >= 15 is 0 Å². The molecule has 4 rings (SSSR count). The number of nitrogens with zero attached hydrogens (tertiary/aromatic N) is 6. The predicted molar refractivity (Wildman–Crippen MR) is 102 cm³/mol. The Balaban J connectivity index is 1.45. The number of imidazole rings is 1. The van der Waals surface area contributed by atoms with E-state index in [1.165, 1.54) is 5.56 Å². The minimum Gasteiger partial charge on any atom is -0.347 e. The van der Waals surface area contributed by atoms with Gasteiger partial charge in [-0.25, -0.2) is 9.50 Å². The summed E-state index contributed by atoms with van der Waals surface area (Å²) in [6.45, 7) is 11.7. The van der Waals surface area contributed by atoms with Crippen molar-refractivity contribution < 1.29 is 0 Å². The second-order valence-corrected chi connectivity index (χ2v) is 8.81. The highest BCUT2D eigenvalue weighted by Crippen LogP contribution is 2.33. The van der Waals surface area contributed by atoms with Crippen molar-refractivity contribution in [1.29, 1.82) is 0 Å². The quantitative estimate of drug-likeness (QED) is 0.716. The third-order valence-corrected chi connectivity index (χ3v) is 6.00. The molecule has 3 aromatic rings. The molecule has 0 aromatic carbocycles. The third kappa shape index (κ3) is 3.17. The van der Waals surface area contributed by atoms with Crippen LogP contribution < -0.4 is 4.90 Å². The van der Waals surface area contributed by atoms with Crippen molar-refractivity contribution in [3.8, 4) is 0 Å². The third-order valence-electron chi connectivity index (χ3n) is 5.02. The van der Waals surface area contributed by atoms with E-state index in [9.17, 15) is 0 Å². The van der Waals surface area contributed by atoms with Crippen molar-refractivity contribution in [2.45, 2.75) is 58.4 Å². The van der Waals surface area contributed by atoms with Crippen LogP contribution in [0.5, 0.6) is 0 Å². The number of hydrogen-bond acceptors (Lipinski definition) is 5. The van der Waals surface area contributed by atoms with Gasteiger partial charge in [-0.05, 0) is 31.2 Å². The van der Waals surface area contributed by atoms with E-state index in [0.717, 1.165) is 48.3 Å². The SMILES string of the molecule is CCn1cc(C2CCN(c3nn4cc(C(C)(C)C)nc4s3)CC2)cn1. The zero-order valence-corrected chi connectivity index (χ0v) is 16.3. The van der Waals surface area contributed by atoms with Gasteiger partial charge in [0.15, 0.2) is 0 Å². The minimum atomic E-state index is 0.0643. The first-order valence-corrected chi connectivity index (χ1v) is 9.89. The molecule has 1 fully saturated rings. The second kappa shape index (κ2) is 6.12. The number of hydrogen-bond donors (Lipinski definition) is 0. The first kappa shape index (κ1) is 16.6. The highest BCUT2D eigenvalue weighted by atomic mass is 32.1. The van der Waals surface area contributed by atoms with Gasteiger partial charge in [0.2, 0.25) is 10.1 Å². The maximum absolute atomic E-state index is 4.77. The summed E-state index contributed by atoms with van der Waals surface area (Å²) in [6, 6.07) is 0. The maximum atomic E-state index is 4.77. The fourth-order valence-electron chi connectivity index (χ4n) is 3.35. The summed E-state index contributed by atoms with van der Waals surface area (Å²) in [6.07, 6.45) is 8.62. The first-order chi connectivity index (χ1) is 11.9. The van der Waals surface area contributed by atoms with E-state index in [4.69, 9.17) is 10.1 Å². The van der Waals surface area contributed by atoms with Crippen LogP contribution in [-0.2, 0) is 12.0 Å². The zero-order valence-electron chi connectivity index (χ0n) is 15.4. The van der Waals surface area contributed by atoms with Crippen molar-refractivity contribution in [2.24, 2.45) is 0 Å². The molecule has 7 heteroatoms. The Labute approximate surface area is 152 Å². The normalized spacial score (nSPS) is 16.9. The summed E-state index contributed by atoms with van der Waals surface area (Å²) in [5.41, 5.74) is 2.55. The van der Waals surface area contributed by atoms with Crippen LogP contribution in [0.3, 0.4) is 0 Å². The summed E-state index contributed by atoms with van der Waals surface area (Å²) in [5.74, 6) is 0.619. The smallest absolute Gasteiger partial charge is 0.214 e. The minimum absolute atomic E-state index is 0.0643. The lowest BCUT2D eigenvalue weighted by Gasteiger charge is -2.31. The topological polar surface area (TPSA) is 51.2 Å². The molecule has 1 saturated heterocycles. The van der Waals surface area contributed by atoms with Gasteiger partial charge in [-0.1, -0.05) is 32.1 Å². The summed E-state index contributed by atoms with van der Waals surface area (Å²) in [7, 11) is 0. The standard InChI is InChI=1S/C18H26N6S/c1-5-23-11-14(10-19-23)13-6-8-22(9-7-13)17-21-24-12-15(18(2,3)4)20-16(24)25-17/h10-13H,5-9H2,1-4H3. The van der Waals surface area contributed by atoms with Crippen molar-refractivity contribution in [3.63, 3.8) is 0 Å². The van der Waals surface area contributed by atoms with Crippen LogP contribution in [0.4, 0.5) is 5.13 Å². The van der Waals surface area contributed by atoms with Crippen molar-refractivity contribution in [3.05, 3.63) is 29.8 Å². The Kier molecular flexibility index (Phi) is 4.06. The van der Waals surface area contributed by atoms with Crippen LogP contribution in [0.1, 0.15) is 57.7 Å². The second-order valence-electron chi connectivity index (χ2n) is 7.88. The van der Waals surface area contributed by atoms with E-state index in [0.29, 0.717) is 5.92 Å². The number of rotatable bonds is 3. The van der Waals surface area contributed by atoms with Crippen LogP contribution in [0.2, 0.25) is 0 Å². The molecule has 0 N–H and O–H groups in total. The molecule has 1 aliphatic rings. The summed E-state index contributed by atoms with van der Waals surface area (Å²) in [4.78, 5) is 8.15. The Morgan fingerprint density at radius 1 is 1.20 bits per heavy atom. The van der Waals surface area contributed by atoms with Gasteiger partial charge in [-0.3, -0.25) is 4.68 Å². The fourth-order valence-corrected chi connectivity index (χ4v) is 4.28. The van der Waals surface area contributed by atoms with Crippen molar-refractivity contribution in [1.82, 2.24) is 24.4 Å². The number of anilines is 1. The monoisotopic (exact) mass is 358 g/mol. The van der Waals surface area contributed by atoms with E-state index in [1.54, 1.807) is 11.3 Å². The van der Waals surface area contributed by atoms with Gasteiger partial charge in [0.1, 0.15) is 0 Å². The molecular formula is C18H26N6S. The van der Waals surface area contributed by atoms with Gasteiger partial charge in [-0.2, -0.15) is 5.10 Å². The molecule has 0 aliphatic carbocycles. The molecule has 0 atom stereocenters. The molecule has 0 spiro atoms. The molecule has 0 unspecified atom stereocenters. The lowest BCUT2D eigenvalue weighted by molar-refractivity contribution is 0.503. The average Bonchev–Trinajstić information content (AvgIpc) is 3.28. The van der Waals surface area contributed by atoms with Gasteiger partial charge in [-0.15, -0.1) is 5.10 Å².